The average molecular weight is 393 g/mol. The molecule has 0 aliphatic carbocycles. The van der Waals surface area contributed by atoms with E-state index in [1.165, 1.54) is 12.1 Å². The van der Waals surface area contributed by atoms with Crippen molar-refractivity contribution in [1.29, 1.82) is 0 Å². The van der Waals surface area contributed by atoms with Gasteiger partial charge in [0.2, 0.25) is 11.6 Å². The molecule has 1 heterocycles. The van der Waals surface area contributed by atoms with Gasteiger partial charge in [-0.3, -0.25) is 10.1 Å². The summed E-state index contributed by atoms with van der Waals surface area (Å²) in [6, 6.07) is 18.9. The molecule has 6 nitrogen and oxygen atoms in total. The number of hydrogen-bond donors (Lipinski definition) is 0. The second-order valence-electron chi connectivity index (χ2n) is 5.87. The van der Waals surface area contributed by atoms with Crippen LogP contribution in [0.2, 0.25) is 5.02 Å². The number of oxazole rings is 1. The summed E-state index contributed by atoms with van der Waals surface area (Å²) in [6.45, 7) is 0. The summed E-state index contributed by atoms with van der Waals surface area (Å²) in [6.07, 6.45) is 3.35. The number of nitrogens with zero attached hydrogens (tertiary/aromatic N) is 2. The molecule has 0 aliphatic heterocycles. The second kappa shape index (κ2) is 7.54. The lowest BCUT2D eigenvalue weighted by molar-refractivity contribution is -0.385. The first-order chi connectivity index (χ1) is 13.6. The van der Waals surface area contributed by atoms with Gasteiger partial charge in [0.15, 0.2) is 5.58 Å². The highest BCUT2D eigenvalue weighted by Crippen LogP contribution is 2.35. The Morgan fingerprint density at radius 2 is 1.79 bits per heavy atom. The fourth-order valence-electron chi connectivity index (χ4n) is 2.64. The molecule has 0 unspecified atom stereocenters. The molecule has 0 atom stereocenters. The highest BCUT2D eigenvalue weighted by molar-refractivity contribution is 6.32. The van der Waals surface area contributed by atoms with E-state index >= 15 is 0 Å². The summed E-state index contributed by atoms with van der Waals surface area (Å²) < 4.78 is 11.2. The lowest BCUT2D eigenvalue weighted by Crippen LogP contribution is -1.94. The number of fused-ring (bicyclic) bond motifs is 1. The lowest BCUT2D eigenvalue weighted by Gasteiger charge is -2.08. The molecule has 0 radical (unpaired) electrons. The average Bonchev–Trinajstić information content (AvgIpc) is 3.12. The van der Waals surface area contributed by atoms with Gasteiger partial charge in [0.1, 0.15) is 11.3 Å². The van der Waals surface area contributed by atoms with E-state index in [4.69, 9.17) is 20.8 Å². The maximum Gasteiger partial charge on any atom is 0.312 e. The van der Waals surface area contributed by atoms with Gasteiger partial charge in [-0.1, -0.05) is 41.9 Å². The van der Waals surface area contributed by atoms with Crippen molar-refractivity contribution in [1.82, 2.24) is 4.98 Å². The fraction of sp³-hybridized carbons (Fsp3) is 0. The Kier molecular flexibility index (Phi) is 4.78. The number of halogens is 1. The Bertz CT molecular complexity index is 1170. The first-order valence-corrected chi connectivity index (χ1v) is 8.72. The second-order valence-corrected chi connectivity index (χ2v) is 6.28. The molecule has 28 heavy (non-hydrogen) atoms. The van der Waals surface area contributed by atoms with Gasteiger partial charge < -0.3 is 9.15 Å². The van der Waals surface area contributed by atoms with Crippen LogP contribution in [0.4, 0.5) is 5.69 Å². The minimum absolute atomic E-state index is 0.108. The van der Waals surface area contributed by atoms with Crippen LogP contribution in [0, 0.1) is 10.1 Å². The maximum atomic E-state index is 11.5. The topological polar surface area (TPSA) is 78.4 Å². The molecule has 0 spiro atoms. The molecule has 4 rings (SSSR count). The molecule has 0 amide bonds. The molecule has 138 valence electrons. The van der Waals surface area contributed by atoms with E-state index in [9.17, 15) is 10.1 Å². The summed E-state index contributed by atoms with van der Waals surface area (Å²) >= 11 is 6.06. The van der Waals surface area contributed by atoms with Crippen LogP contribution in [-0.2, 0) is 0 Å². The zero-order valence-corrected chi connectivity index (χ0v) is 15.2. The Morgan fingerprint density at radius 1 is 1.00 bits per heavy atom. The first-order valence-electron chi connectivity index (χ1n) is 8.34. The number of ether oxygens (including phenoxy) is 1. The van der Waals surface area contributed by atoms with Crippen LogP contribution in [0.25, 0.3) is 23.3 Å². The van der Waals surface area contributed by atoms with E-state index in [-0.39, 0.29) is 11.4 Å². The van der Waals surface area contributed by atoms with Crippen LogP contribution in [-0.4, -0.2) is 9.91 Å². The summed E-state index contributed by atoms with van der Waals surface area (Å²) in [4.78, 5) is 15.3. The van der Waals surface area contributed by atoms with Crippen molar-refractivity contribution in [3.05, 3.63) is 93.3 Å². The predicted molar refractivity (Wildman–Crippen MR) is 108 cm³/mol. The normalized spacial score (nSPS) is 11.2. The molecule has 0 bridgehead atoms. The van der Waals surface area contributed by atoms with E-state index in [2.05, 4.69) is 4.98 Å². The minimum atomic E-state index is -0.497. The van der Waals surface area contributed by atoms with Crippen LogP contribution in [0.1, 0.15) is 11.5 Å². The van der Waals surface area contributed by atoms with Gasteiger partial charge in [0.05, 0.1) is 9.95 Å². The Balaban J connectivity index is 1.62. The highest BCUT2D eigenvalue weighted by atomic mass is 35.5. The van der Waals surface area contributed by atoms with E-state index in [1.807, 2.05) is 24.3 Å². The van der Waals surface area contributed by atoms with Gasteiger partial charge in [0.25, 0.3) is 0 Å². The molecule has 7 heteroatoms. The number of nitro benzene ring substituents is 1. The van der Waals surface area contributed by atoms with Crippen LogP contribution in [0.3, 0.4) is 0 Å². The van der Waals surface area contributed by atoms with Gasteiger partial charge in [0, 0.05) is 12.1 Å². The van der Waals surface area contributed by atoms with E-state index in [1.54, 1.807) is 42.5 Å². The van der Waals surface area contributed by atoms with Gasteiger partial charge in [-0.05, 0) is 42.0 Å². The van der Waals surface area contributed by atoms with Crippen molar-refractivity contribution >= 4 is 40.5 Å². The summed E-state index contributed by atoms with van der Waals surface area (Å²) in [5.74, 6) is 0.874. The summed E-state index contributed by atoms with van der Waals surface area (Å²) in [5.41, 5.74) is 1.87. The molecule has 0 saturated carbocycles. The number of rotatable bonds is 5. The Hall–Kier alpha value is -3.64. The van der Waals surface area contributed by atoms with Gasteiger partial charge >= 0.3 is 5.69 Å². The van der Waals surface area contributed by atoms with Gasteiger partial charge in [-0.15, -0.1) is 0 Å². The zero-order valence-electron chi connectivity index (χ0n) is 14.4. The molecular formula is C21H13ClN2O4. The fourth-order valence-corrected chi connectivity index (χ4v) is 2.82. The molecule has 0 saturated heterocycles. The monoisotopic (exact) mass is 392 g/mol. The number of para-hydroxylation sites is 3. The zero-order chi connectivity index (χ0) is 19.5. The van der Waals surface area contributed by atoms with Crippen molar-refractivity contribution in [2.45, 2.75) is 0 Å². The van der Waals surface area contributed by atoms with Crippen molar-refractivity contribution < 1.29 is 14.1 Å². The summed E-state index contributed by atoms with van der Waals surface area (Å²) in [5, 5.41) is 11.9. The van der Waals surface area contributed by atoms with Gasteiger partial charge in [-0.2, -0.15) is 0 Å². The number of aromatic nitrogens is 1. The molecule has 1 aromatic heterocycles. The smallest absolute Gasteiger partial charge is 0.312 e. The van der Waals surface area contributed by atoms with Crippen LogP contribution in [0.5, 0.6) is 11.5 Å². The lowest BCUT2D eigenvalue weighted by atomic mass is 10.1. The van der Waals surface area contributed by atoms with E-state index < -0.39 is 4.92 Å². The number of hydrogen-bond acceptors (Lipinski definition) is 5. The third-order valence-electron chi connectivity index (χ3n) is 3.97. The first kappa shape index (κ1) is 17.8. The molecule has 0 aliphatic rings. The summed E-state index contributed by atoms with van der Waals surface area (Å²) in [7, 11) is 0. The third-order valence-corrected chi connectivity index (χ3v) is 4.28. The Labute approximate surface area is 164 Å². The van der Waals surface area contributed by atoms with Crippen molar-refractivity contribution in [3.63, 3.8) is 0 Å². The van der Waals surface area contributed by atoms with Gasteiger partial charge in [-0.25, -0.2) is 4.98 Å². The minimum Gasteiger partial charge on any atom is -0.449 e. The van der Waals surface area contributed by atoms with Crippen LogP contribution >= 0.6 is 11.6 Å². The SMILES string of the molecule is O=[N+]([O-])c1cc(/C=C/c2nc3ccccc3o2)ccc1Oc1ccccc1Cl. The largest absolute Gasteiger partial charge is 0.449 e. The quantitative estimate of drug-likeness (QED) is 0.292. The van der Waals surface area contributed by atoms with Crippen LogP contribution < -0.4 is 4.74 Å². The van der Waals surface area contributed by atoms with Crippen LogP contribution in [0.15, 0.2) is 71.1 Å². The highest BCUT2D eigenvalue weighted by Gasteiger charge is 2.17. The Morgan fingerprint density at radius 3 is 2.57 bits per heavy atom. The maximum absolute atomic E-state index is 11.5. The van der Waals surface area contributed by atoms with E-state index in [0.29, 0.717) is 27.8 Å². The van der Waals surface area contributed by atoms with Crippen molar-refractivity contribution in [2.24, 2.45) is 0 Å². The van der Waals surface area contributed by atoms with Crippen molar-refractivity contribution in [2.75, 3.05) is 0 Å². The molecular weight excluding hydrogens is 380 g/mol. The standard InChI is InChI=1S/C21H13ClN2O4/c22-15-5-1-3-7-18(15)27-20-11-9-14(13-17(20)24(25)26)10-12-21-23-16-6-2-4-8-19(16)28-21/h1-13H/b12-10+. The predicted octanol–water partition coefficient (Wildman–Crippen LogP) is 6.35. The molecule has 4 aromatic rings. The van der Waals surface area contributed by atoms with Crippen molar-refractivity contribution in [3.8, 4) is 11.5 Å². The molecule has 0 fully saturated rings. The number of benzene rings is 3. The molecule has 3 aromatic carbocycles. The van der Waals surface area contributed by atoms with E-state index in [0.717, 1.165) is 5.52 Å². The molecule has 0 N–H and O–H groups in total. The third kappa shape index (κ3) is 3.72. The number of nitro groups is 1.